The van der Waals surface area contributed by atoms with Gasteiger partial charge < -0.3 is 5.73 Å². The predicted octanol–water partition coefficient (Wildman–Crippen LogP) is 1.75. The molecule has 0 aliphatic rings. The Morgan fingerprint density at radius 3 is 2.94 bits per heavy atom. The summed E-state index contributed by atoms with van der Waals surface area (Å²) in [5, 5.41) is 4.47. The van der Waals surface area contributed by atoms with Crippen LogP contribution >= 0.6 is 15.9 Å². The first-order valence-electron chi connectivity index (χ1n) is 5.06. The van der Waals surface area contributed by atoms with E-state index in [1.165, 1.54) is 0 Å². The number of rotatable bonds is 3. The third kappa shape index (κ3) is 2.01. The highest BCUT2D eigenvalue weighted by Gasteiger charge is 2.14. The van der Waals surface area contributed by atoms with Crippen molar-refractivity contribution >= 4 is 15.9 Å². The van der Waals surface area contributed by atoms with E-state index in [-0.39, 0.29) is 0 Å². The maximum atomic E-state index is 5.57. The average Bonchev–Trinajstić information content (AvgIpc) is 2.59. The largest absolute Gasteiger partial charge is 0.330 e. The number of nitrogens with two attached hydrogens (primary N) is 1. The molecule has 0 radical (unpaired) electrons. The van der Waals surface area contributed by atoms with Crippen LogP contribution in [0.5, 0.6) is 0 Å². The number of aryl methyl sites for hydroxylation is 1. The van der Waals surface area contributed by atoms with Gasteiger partial charge in [0.1, 0.15) is 5.69 Å². The van der Waals surface area contributed by atoms with Crippen LogP contribution in [0.1, 0.15) is 5.69 Å². The molecule has 0 bridgehead atoms. The number of nitrogens with zero attached hydrogens (tertiary/aromatic N) is 3. The summed E-state index contributed by atoms with van der Waals surface area (Å²) in [6.07, 6.45) is 4.37. The average molecular weight is 281 g/mol. The minimum absolute atomic E-state index is 0.616. The summed E-state index contributed by atoms with van der Waals surface area (Å²) >= 11 is 3.57. The van der Waals surface area contributed by atoms with Gasteiger partial charge in [0.15, 0.2) is 0 Å². The molecular formula is C11H13BrN4. The van der Waals surface area contributed by atoms with Crippen LogP contribution in [0, 0.1) is 0 Å². The van der Waals surface area contributed by atoms with Gasteiger partial charge in [-0.15, -0.1) is 0 Å². The molecule has 0 atom stereocenters. The zero-order chi connectivity index (χ0) is 11.5. The summed E-state index contributed by atoms with van der Waals surface area (Å²) in [5.74, 6) is 0. The third-order valence-corrected chi connectivity index (χ3v) is 3.25. The summed E-state index contributed by atoms with van der Waals surface area (Å²) in [7, 11) is 1.93. The fourth-order valence-corrected chi connectivity index (χ4v) is 2.39. The Morgan fingerprint density at radius 2 is 2.31 bits per heavy atom. The van der Waals surface area contributed by atoms with Gasteiger partial charge in [-0.25, -0.2) is 0 Å². The topological polar surface area (TPSA) is 56.7 Å². The lowest BCUT2D eigenvalue weighted by atomic mass is 10.2. The fourth-order valence-electron chi connectivity index (χ4n) is 1.63. The molecule has 5 heteroatoms. The number of hydrogen-bond donors (Lipinski definition) is 1. The summed E-state index contributed by atoms with van der Waals surface area (Å²) in [5.41, 5.74) is 8.61. The van der Waals surface area contributed by atoms with Gasteiger partial charge in [0.05, 0.1) is 10.2 Å². The Hall–Kier alpha value is -1.20. The Morgan fingerprint density at radius 1 is 1.50 bits per heavy atom. The highest BCUT2D eigenvalue weighted by atomic mass is 79.9. The smallest absolute Gasteiger partial charge is 0.108 e. The zero-order valence-electron chi connectivity index (χ0n) is 9.02. The van der Waals surface area contributed by atoms with Crippen LogP contribution in [0.25, 0.3) is 11.3 Å². The molecule has 0 saturated heterocycles. The van der Waals surface area contributed by atoms with Crippen molar-refractivity contribution in [3.05, 3.63) is 34.7 Å². The molecule has 16 heavy (non-hydrogen) atoms. The SMILES string of the molecule is Cn1nc(-c2cccnc2)c(Br)c1CCN. The fraction of sp³-hybridized carbons (Fsp3) is 0.273. The Balaban J connectivity index is 2.47. The van der Waals surface area contributed by atoms with Gasteiger partial charge in [-0.1, -0.05) is 0 Å². The van der Waals surface area contributed by atoms with Crippen LogP contribution in [-0.4, -0.2) is 21.3 Å². The van der Waals surface area contributed by atoms with Gasteiger partial charge in [0, 0.05) is 31.4 Å². The Kier molecular flexibility index (Phi) is 3.36. The maximum Gasteiger partial charge on any atom is 0.108 e. The normalized spacial score (nSPS) is 10.7. The van der Waals surface area contributed by atoms with Crippen molar-refractivity contribution < 1.29 is 0 Å². The molecule has 0 aliphatic carbocycles. The molecule has 0 unspecified atom stereocenters. The molecule has 0 fully saturated rings. The highest BCUT2D eigenvalue weighted by Crippen LogP contribution is 2.29. The summed E-state index contributed by atoms with van der Waals surface area (Å²) < 4.78 is 2.87. The number of pyridine rings is 1. The monoisotopic (exact) mass is 280 g/mol. The number of halogens is 1. The van der Waals surface area contributed by atoms with Gasteiger partial charge in [-0.2, -0.15) is 5.10 Å². The minimum atomic E-state index is 0.616. The van der Waals surface area contributed by atoms with Gasteiger partial charge in [0.25, 0.3) is 0 Å². The van der Waals surface area contributed by atoms with Crippen LogP contribution in [0.2, 0.25) is 0 Å². The zero-order valence-corrected chi connectivity index (χ0v) is 10.6. The van der Waals surface area contributed by atoms with E-state index in [1.807, 2.05) is 23.9 Å². The number of aromatic nitrogens is 3. The van der Waals surface area contributed by atoms with Crippen molar-refractivity contribution in [1.29, 1.82) is 0 Å². The van der Waals surface area contributed by atoms with Crippen molar-refractivity contribution in [3.8, 4) is 11.3 Å². The van der Waals surface area contributed by atoms with Crippen LogP contribution in [0.3, 0.4) is 0 Å². The third-order valence-electron chi connectivity index (χ3n) is 2.42. The second-order valence-electron chi connectivity index (χ2n) is 3.51. The van der Waals surface area contributed by atoms with E-state index in [9.17, 15) is 0 Å². The first kappa shape index (κ1) is 11.3. The molecule has 4 nitrogen and oxygen atoms in total. The van der Waals surface area contributed by atoms with Crippen molar-refractivity contribution in [3.63, 3.8) is 0 Å². The van der Waals surface area contributed by atoms with E-state index in [1.54, 1.807) is 12.4 Å². The van der Waals surface area contributed by atoms with E-state index in [0.717, 1.165) is 27.8 Å². The van der Waals surface area contributed by atoms with Crippen LogP contribution in [0.15, 0.2) is 29.0 Å². The molecule has 2 N–H and O–H groups in total. The van der Waals surface area contributed by atoms with Crippen LogP contribution in [0.4, 0.5) is 0 Å². The van der Waals surface area contributed by atoms with E-state index in [4.69, 9.17) is 5.73 Å². The van der Waals surface area contributed by atoms with Gasteiger partial charge in [-0.05, 0) is 34.6 Å². The number of hydrogen-bond acceptors (Lipinski definition) is 3. The molecular weight excluding hydrogens is 268 g/mol. The molecule has 84 valence electrons. The molecule has 2 rings (SSSR count). The molecule has 2 aromatic heterocycles. The predicted molar refractivity (Wildman–Crippen MR) is 66.9 cm³/mol. The lowest BCUT2D eigenvalue weighted by molar-refractivity contribution is 0.707. The standard InChI is InChI=1S/C11H13BrN4/c1-16-9(4-5-13)10(12)11(15-16)8-3-2-6-14-7-8/h2-3,6-7H,4-5,13H2,1H3. The molecule has 0 aliphatic heterocycles. The Labute approximate surface area is 103 Å². The molecule has 2 aromatic rings. The second kappa shape index (κ2) is 4.76. The van der Waals surface area contributed by atoms with Crippen LogP contribution in [-0.2, 0) is 13.5 Å². The molecule has 0 saturated carbocycles. The lowest BCUT2D eigenvalue weighted by Gasteiger charge is -1.99. The van der Waals surface area contributed by atoms with Gasteiger partial charge >= 0.3 is 0 Å². The van der Waals surface area contributed by atoms with Crippen molar-refractivity contribution in [1.82, 2.24) is 14.8 Å². The summed E-state index contributed by atoms with van der Waals surface area (Å²) in [6, 6.07) is 3.89. The second-order valence-corrected chi connectivity index (χ2v) is 4.31. The van der Waals surface area contributed by atoms with E-state index < -0.39 is 0 Å². The maximum absolute atomic E-state index is 5.57. The van der Waals surface area contributed by atoms with Crippen molar-refractivity contribution in [2.45, 2.75) is 6.42 Å². The first-order valence-corrected chi connectivity index (χ1v) is 5.85. The highest BCUT2D eigenvalue weighted by molar-refractivity contribution is 9.10. The quantitative estimate of drug-likeness (QED) is 0.932. The van der Waals surface area contributed by atoms with Gasteiger partial charge in [-0.3, -0.25) is 9.67 Å². The molecule has 0 aromatic carbocycles. The van der Waals surface area contributed by atoms with Gasteiger partial charge in [0.2, 0.25) is 0 Å². The van der Waals surface area contributed by atoms with E-state index >= 15 is 0 Å². The first-order chi connectivity index (χ1) is 7.74. The molecule has 0 spiro atoms. The Bertz CT molecular complexity index is 478. The lowest BCUT2D eigenvalue weighted by Crippen LogP contribution is -2.07. The molecule has 2 heterocycles. The van der Waals surface area contributed by atoms with Crippen LogP contribution < -0.4 is 5.73 Å². The van der Waals surface area contributed by atoms with E-state index in [2.05, 4.69) is 26.0 Å². The van der Waals surface area contributed by atoms with Crippen molar-refractivity contribution in [2.75, 3.05) is 6.54 Å². The van der Waals surface area contributed by atoms with Crippen molar-refractivity contribution in [2.24, 2.45) is 12.8 Å². The molecule has 0 amide bonds. The minimum Gasteiger partial charge on any atom is -0.330 e. The summed E-state index contributed by atoms with van der Waals surface area (Å²) in [6.45, 7) is 0.616. The van der Waals surface area contributed by atoms with E-state index in [0.29, 0.717) is 6.54 Å². The summed E-state index contributed by atoms with van der Waals surface area (Å²) in [4.78, 5) is 4.09.